The van der Waals surface area contributed by atoms with Crippen LogP contribution in [0.15, 0.2) is 55.0 Å². The normalized spacial score (nSPS) is 16.5. The van der Waals surface area contributed by atoms with Gasteiger partial charge in [0.15, 0.2) is 0 Å². The highest BCUT2D eigenvalue weighted by Gasteiger charge is 2.30. The summed E-state index contributed by atoms with van der Waals surface area (Å²) in [4.78, 5) is 13.3. The fraction of sp³-hybridized carbons (Fsp3) is 0.261. The average molecular weight is 515 g/mol. The van der Waals surface area contributed by atoms with Crippen molar-refractivity contribution >= 4 is 38.9 Å². The van der Waals surface area contributed by atoms with Gasteiger partial charge in [0.05, 0.1) is 48.7 Å². The van der Waals surface area contributed by atoms with Crippen LogP contribution in [0.3, 0.4) is 0 Å². The topological polar surface area (TPSA) is 111 Å². The Morgan fingerprint density at radius 1 is 1.17 bits per heavy atom. The molecule has 1 fully saturated rings. The van der Waals surface area contributed by atoms with Gasteiger partial charge in [-0.15, -0.1) is 0 Å². The molecule has 1 atom stereocenters. The first-order chi connectivity index (χ1) is 16.8. The smallest absolute Gasteiger partial charge is 0.227 e. The summed E-state index contributed by atoms with van der Waals surface area (Å²) in [6, 6.07) is 11.0. The van der Waals surface area contributed by atoms with Gasteiger partial charge in [-0.1, -0.05) is 17.7 Å². The highest BCUT2D eigenvalue weighted by molar-refractivity contribution is 7.88. The molecule has 1 saturated heterocycles. The first-order valence-corrected chi connectivity index (χ1v) is 13.1. The van der Waals surface area contributed by atoms with E-state index in [1.54, 1.807) is 31.5 Å². The lowest BCUT2D eigenvalue weighted by molar-refractivity contribution is 0.215. The summed E-state index contributed by atoms with van der Waals surface area (Å²) in [6.07, 6.45) is 6.75. The monoisotopic (exact) mass is 514 g/mol. The van der Waals surface area contributed by atoms with Crippen LogP contribution in [0.1, 0.15) is 6.42 Å². The van der Waals surface area contributed by atoms with E-state index >= 15 is 0 Å². The number of rotatable bonds is 7. The summed E-state index contributed by atoms with van der Waals surface area (Å²) < 4.78 is 38.4. The zero-order chi connectivity index (χ0) is 24.6. The zero-order valence-electron chi connectivity index (χ0n) is 19.1. The van der Waals surface area contributed by atoms with Crippen LogP contribution >= 0.6 is 11.6 Å². The van der Waals surface area contributed by atoms with Crippen LogP contribution < -0.4 is 14.8 Å². The molecule has 0 saturated carbocycles. The molecule has 1 aromatic carbocycles. The van der Waals surface area contributed by atoms with Crippen molar-refractivity contribution in [2.45, 2.75) is 12.5 Å². The number of pyridine rings is 1. The van der Waals surface area contributed by atoms with E-state index in [0.717, 1.165) is 11.3 Å². The predicted molar refractivity (Wildman–Crippen MR) is 133 cm³/mol. The molecule has 1 aliphatic rings. The Bertz CT molecular complexity index is 1490. The molecule has 12 heteroatoms. The van der Waals surface area contributed by atoms with Crippen molar-refractivity contribution < 1.29 is 17.9 Å². The Morgan fingerprint density at radius 3 is 2.80 bits per heavy atom. The summed E-state index contributed by atoms with van der Waals surface area (Å²) in [7, 11) is -1.67. The number of anilines is 2. The number of halogens is 1. The summed E-state index contributed by atoms with van der Waals surface area (Å²) >= 11 is 6.41. The lowest BCUT2D eigenvalue weighted by Gasteiger charge is -2.17. The Kier molecular flexibility index (Phi) is 6.22. The van der Waals surface area contributed by atoms with Gasteiger partial charge >= 0.3 is 0 Å². The quantitative estimate of drug-likeness (QED) is 0.398. The number of imidazole rings is 1. The van der Waals surface area contributed by atoms with Crippen LogP contribution in [0.4, 0.5) is 11.6 Å². The van der Waals surface area contributed by atoms with E-state index in [1.165, 1.54) is 16.8 Å². The minimum atomic E-state index is -3.23. The summed E-state index contributed by atoms with van der Waals surface area (Å²) in [5.74, 6) is 1.44. The van der Waals surface area contributed by atoms with Gasteiger partial charge < -0.3 is 14.8 Å². The molecule has 3 aromatic heterocycles. The third-order valence-electron chi connectivity index (χ3n) is 5.70. The molecule has 4 aromatic rings. The predicted octanol–water partition coefficient (Wildman–Crippen LogP) is 3.61. The van der Waals surface area contributed by atoms with E-state index in [0.29, 0.717) is 53.4 Å². The Hall–Kier alpha value is -3.41. The number of nitrogens with zero attached hydrogens (tertiary/aromatic N) is 5. The number of benzene rings is 1. The molecule has 182 valence electrons. The molecule has 1 aliphatic heterocycles. The van der Waals surface area contributed by atoms with Gasteiger partial charge in [0.2, 0.25) is 16.0 Å². The number of hydrogen-bond donors (Lipinski definition) is 1. The molecule has 0 spiro atoms. The molecule has 10 nitrogen and oxygen atoms in total. The fourth-order valence-electron chi connectivity index (χ4n) is 3.97. The number of fused-ring (bicyclic) bond motifs is 1. The summed E-state index contributed by atoms with van der Waals surface area (Å²) in [6.45, 7) is 0.773. The number of sulfonamides is 1. The van der Waals surface area contributed by atoms with Crippen molar-refractivity contribution in [3.8, 4) is 22.9 Å². The van der Waals surface area contributed by atoms with Gasteiger partial charge in [0, 0.05) is 18.8 Å². The average Bonchev–Trinajstić information content (AvgIpc) is 3.48. The first kappa shape index (κ1) is 23.3. The molecule has 0 aliphatic carbocycles. The minimum absolute atomic E-state index is 0.221. The van der Waals surface area contributed by atoms with E-state index in [-0.39, 0.29) is 6.10 Å². The number of methoxy groups -OCH3 is 1. The number of ether oxygens (including phenoxy) is 2. The maximum absolute atomic E-state index is 11.8. The van der Waals surface area contributed by atoms with Gasteiger partial charge in [-0.2, -0.15) is 4.31 Å². The summed E-state index contributed by atoms with van der Waals surface area (Å²) in [5, 5.41) is 3.57. The van der Waals surface area contributed by atoms with Crippen molar-refractivity contribution in [1.29, 1.82) is 0 Å². The molecule has 4 heterocycles. The van der Waals surface area contributed by atoms with Gasteiger partial charge in [-0.25, -0.2) is 23.4 Å². The molecular weight excluding hydrogens is 492 g/mol. The van der Waals surface area contributed by atoms with E-state index in [9.17, 15) is 8.42 Å². The minimum Gasteiger partial charge on any atom is -0.494 e. The third kappa shape index (κ3) is 4.88. The van der Waals surface area contributed by atoms with Gasteiger partial charge in [-0.05, 0) is 30.7 Å². The van der Waals surface area contributed by atoms with Crippen LogP contribution in [0.5, 0.6) is 11.5 Å². The van der Waals surface area contributed by atoms with E-state index in [1.807, 2.05) is 28.8 Å². The van der Waals surface area contributed by atoms with E-state index in [2.05, 4.69) is 20.3 Å². The van der Waals surface area contributed by atoms with Crippen LogP contribution in [0.2, 0.25) is 5.02 Å². The molecule has 0 amide bonds. The van der Waals surface area contributed by atoms with E-state index in [4.69, 9.17) is 21.1 Å². The molecule has 5 rings (SSSR count). The summed E-state index contributed by atoms with van der Waals surface area (Å²) in [5.41, 5.74) is 2.70. The van der Waals surface area contributed by atoms with Crippen molar-refractivity contribution in [3.63, 3.8) is 0 Å². The molecule has 0 radical (unpaired) electrons. The van der Waals surface area contributed by atoms with Crippen LogP contribution in [0, 0.1) is 0 Å². The second-order valence-electron chi connectivity index (χ2n) is 8.10. The standard InChI is InChI=1S/C23H23ClN6O4S/c1-33-20-11-15(34-16-8-10-29(14-16)35(2,31)32)6-7-18(20)27-23-26-12-17(24)22(28-23)19-13-25-21-5-3-4-9-30(19)21/h3-7,9,11-13,16H,8,10,14H2,1-2H3,(H,26,27,28)/t16-/m1/s1. The van der Waals surface area contributed by atoms with Crippen molar-refractivity contribution in [2.75, 3.05) is 31.8 Å². The zero-order valence-corrected chi connectivity index (χ0v) is 20.6. The molecule has 35 heavy (non-hydrogen) atoms. The number of nitrogens with one attached hydrogen (secondary N) is 1. The van der Waals surface area contributed by atoms with Crippen molar-refractivity contribution in [3.05, 3.63) is 60.0 Å². The molecule has 1 N–H and O–H groups in total. The second kappa shape index (κ2) is 9.33. The molecular formula is C23H23ClN6O4S. The number of hydrogen-bond acceptors (Lipinski definition) is 8. The fourth-order valence-corrected chi connectivity index (χ4v) is 5.03. The van der Waals surface area contributed by atoms with E-state index < -0.39 is 10.0 Å². The molecule has 0 unspecified atom stereocenters. The van der Waals surface area contributed by atoms with Crippen molar-refractivity contribution in [1.82, 2.24) is 23.7 Å². The van der Waals surface area contributed by atoms with Crippen LogP contribution in [0.25, 0.3) is 17.0 Å². The largest absolute Gasteiger partial charge is 0.494 e. The van der Waals surface area contributed by atoms with Crippen LogP contribution in [-0.4, -0.2) is 64.6 Å². The van der Waals surface area contributed by atoms with Crippen molar-refractivity contribution in [2.24, 2.45) is 0 Å². The lowest BCUT2D eigenvalue weighted by atomic mass is 10.2. The SMILES string of the molecule is COc1cc(O[C@@H]2CCN(S(C)(=O)=O)C2)ccc1Nc1ncc(Cl)c(-c2cnc3ccccn23)n1. The van der Waals surface area contributed by atoms with Crippen LogP contribution in [-0.2, 0) is 10.0 Å². The maximum atomic E-state index is 11.8. The van der Waals surface area contributed by atoms with Gasteiger partial charge in [0.1, 0.15) is 28.9 Å². The first-order valence-electron chi connectivity index (χ1n) is 10.8. The van der Waals surface area contributed by atoms with Gasteiger partial charge in [-0.3, -0.25) is 4.40 Å². The number of aromatic nitrogens is 4. The second-order valence-corrected chi connectivity index (χ2v) is 10.5. The highest BCUT2D eigenvalue weighted by Crippen LogP contribution is 2.33. The molecule has 0 bridgehead atoms. The maximum Gasteiger partial charge on any atom is 0.227 e. The Labute approximate surface area is 207 Å². The Balaban J connectivity index is 1.36. The third-order valence-corrected chi connectivity index (χ3v) is 7.25. The highest BCUT2D eigenvalue weighted by atomic mass is 35.5. The Morgan fingerprint density at radius 2 is 2.03 bits per heavy atom. The lowest BCUT2D eigenvalue weighted by Crippen LogP contribution is -2.29. The van der Waals surface area contributed by atoms with Gasteiger partial charge in [0.25, 0.3) is 0 Å².